The quantitative estimate of drug-likeness (QED) is 0.806. The molecule has 24 heavy (non-hydrogen) atoms. The van der Waals surface area contributed by atoms with Crippen LogP contribution in [0.3, 0.4) is 0 Å². The Bertz CT molecular complexity index is 625. The maximum absolute atomic E-state index is 13.6. The van der Waals surface area contributed by atoms with Crippen LogP contribution in [0.25, 0.3) is 0 Å². The lowest BCUT2D eigenvalue weighted by Gasteiger charge is -2.25. The lowest BCUT2D eigenvalue weighted by molar-refractivity contribution is -0.136. The SMILES string of the molecule is CC(NC(=O)CN1CCCCCCC1=O)c1cc(F)c(Cl)cc1Cl. The van der Waals surface area contributed by atoms with Crippen molar-refractivity contribution in [2.45, 2.75) is 45.1 Å². The molecule has 0 saturated carbocycles. The minimum Gasteiger partial charge on any atom is -0.348 e. The molecule has 1 aliphatic rings. The van der Waals surface area contributed by atoms with Gasteiger partial charge in [0.1, 0.15) is 5.82 Å². The summed E-state index contributed by atoms with van der Waals surface area (Å²) in [4.78, 5) is 25.9. The van der Waals surface area contributed by atoms with Gasteiger partial charge in [-0.1, -0.05) is 36.0 Å². The van der Waals surface area contributed by atoms with Crippen molar-refractivity contribution in [1.29, 1.82) is 0 Å². The van der Waals surface area contributed by atoms with Gasteiger partial charge in [0.05, 0.1) is 17.6 Å². The third kappa shape index (κ3) is 5.08. The second kappa shape index (κ2) is 8.67. The zero-order valence-electron chi connectivity index (χ0n) is 13.6. The van der Waals surface area contributed by atoms with Crippen molar-refractivity contribution in [2.75, 3.05) is 13.1 Å². The molecule has 0 aromatic heterocycles. The Balaban J connectivity index is 1.98. The van der Waals surface area contributed by atoms with Crippen LogP contribution in [0.5, 0.6) is 0 Å². The molecule has 0 bridgehead atoms. The van der Waals surface area contributed by atoms with Gasteiger partial charge in [-0.2, -0.15) is 0 Å². The third-order valence-corrected chi connectivity index (χ3v) is 4.76. The molecular formula is C17H21Cl2FN2O2. The van der Waals surface area contributed by atoms with E-state index < -0.39 is 11.9 Å². The fourth-order valence-corrected chi connectivity index (χ4v) is 3.34. The number of hydrogen-bond acceptors (Lipinski definition) is 2. The van der Waals surface area contributed by atoms with Crippen LogP contribution < -0.4 is 5.32 Å². The molecule has 7 heteroatoms. The van der Waals surface area contributed by atoms with Crippen LogP contribution in [0.4, 0.5) is 4.39 Å². The van der Waals surface area contributed by atoms with E-state index >= 15 is 0 Å². The molecule has 1 aromatic carbocycles. The molecule has 2 rings (SSSR count). The summed E-state index contributed by atoms with van der Waals surface area (Å²) >= 11 is 11.7. The molecule has 1 atom stereocenters. The number of halogens is 3. The summed E-state index contributed by atoms with van der Waals surface area (Å²) in [5.41, 5.74) is 0.450. The molecule has 1 aliphatic heterocycles. The Morgan fingerprint density at radius 2 is 1.96 bits per heavy atom. The minimum atomic E-state index is -0.587. The lowest BCUT2D eigenvalue weighted by Crippen LogP contribution is -2.42. The molecule has 1 fully saturated rings. The maximum Gasteiger partial charge on any atom is 0.240 e. The van der Waals surface area contributed by atoms with Crippen LogP contribution in [0.1, 0.15) is 50.6 Å². The van der Waals surface area contributed by atoms with Gasteiger partial charge in [0.2, 0.25) is 11.8 Å². The van der Waals surface area contributed by atoms with Gasteiger partial charge < -0.3 is 10.2 Å². The molecular weight excluding hydrogens is 354 g/mol. The van der Waals surface area contributed by atoms with Crippen molar-refractivity contribution in [3.8, 4) is 0 Å². The fraction of sp³-hybridized carbons (Fsp3) is 0.529. The molecule has 2 amide bonds. The van der Waals surface area contributed by atoms with Crippen LogP contribution >= 0.6 is 23.2 Å². The normalized spacial score (nSPS) is 17.2. The molecule has 1 unspecified atom stereocenters. The third-order valence-electron chi connectivity index (χ3n) is 4.14. The van der Waals surface area contributed by atoms with Gasteiger partial charge in [-0.05, 0) is 37.5 Å². The van der Waals surface area contributed by atoms with Crippen LogP contribution in [0, 0.1) is 5.82 Å². The summed E-state index contributed by atoms with van der Waals surface area (Å²) in [5.74, 6) is -0.868. The van der Waals surface area contributed by atoms with Crippen molar-refractivity contribution in [1.82, 2.24) is 10.2 Å². The fourth-order valence-electron chi connectivity index (χ4n) is 2.79. The van der Waals surface area contributed by atoms with Gasteiger partial charge in [0, 0.05) is 18.0 Å². The number of carbonyl (C=O) groups excluding carboxylic acids is 2. The van der Waals surface area contributed by atoms with Gasteiger partial charge in [-0.15, -0.1) is 0 Å². The highest BCUT2D eigenvalue weighted by Crippen LogP contribution is 2.28. The molecule has 0 radical (unpaired) electrons. The lowest BCUT2D eigenvalue weighted by atomic mass is 10.1. The summed E-state index contributed by atoms with van der Waals surface area (Å²) in [6, 6.07) is 2.05. The first-order chi connectivity index (χ1) is 11.4. The van der Waals surface area contributed by atoms with Crippen LogP contribution in [0.15, 0.2) is 12.1 Å². The van der Waals surface area contributed by atoms with E-state index in [1.807, 2.05) is 0 Å². The van der Waals surface area contributed by atoms with E-state index in [1.54, 1.807) is 11.8 Å². The van der Waals surface area contributed by atoms with E-state index in [0.717, 1.165) is 25.7 Å². The van der Waals surface area contributed by atoms with Crippen molar-refractivity contribution < 1.29 is 14.0 Å². The zero-order valence-corrected chi connectivity index (χ0v) is 15.1. The van der Waals surface area contributed by atoms with Crippen LogP contribution in [-0.4, -0.2) is 29.8 Å². The second-order valence-corrected chi connectivity index (χ2v) is 6.87. The van der Waals surface area contributed by atoms with Crippen molar-refractivity contribution in [2.24, 2.45) is 0 Å². The number of rotatable bonds is 4. The molecule has 0 aliphatic carbocycles. The van der Waals surface area contributed by atoms with Gasteiger partial charge in [-0.25, -0.2) is 4.39 Å². The van der Waals surface area contributed by atoms with Gasteiger partial charge in [0.25, 0.3) is 0 Å². The van der Waals surface area contributed by atoms with E-state index in [9.17, 15) is 14.0 Å². The van der Waals surface area contributed by atoms with Crippen molar-refractivity contribution >= 4 is 35.0 Å². The smallest absolute Gasteiger partial charge is 0.240 e. The summed E-state index contributed by atoms with van der Waals surface area (Å²) in [7, 11) is 0. The van der Waals surface area contributed by atoms with E-state index in [1.165, 1.54) is 12.1 Å². The largest absolute Gasteiger partial charge is 0.348 e. The highest BCUT2D eigenvalue weighted by Gasteiger charge is 2.20. The number of hydrogen-bond donors (Lipinski definition) is 1. The molecule has 132 valence electrons. The predicted molar refractivity (Wildman–Crippen MR) is 92.6 cm³/mol. The monoisotopic (exact) mass is 374 g/mol. The molecule has 1 saturated heterocycles. The van der Waals surface area contributed by atoms with Gasteiger partial charge in [-0.3, -0.25) is 9.59 Å². The Labute approximate surface area is 151 Å². The van der Waals surface area contributed by atoms with Crippen LogP contribution in [-0.2, 0) is 9.59 Å². The van der Waals surface area contributed by atoms with Crippen molar-refractivity contribution in [3.63, 3.8) is 0 Å². The number of nitrogens with zero attached hydrogens (tertiary/aromatic N) is 1. The van der Waals surface area contributed by atoms with Gasteiger partial charge >= 0.3 is 0 Å². The summed E-state index contributed by atoms with van der Waals surface area (Å²) in [6.07, 6.45) is 4.39. The number of benzene rings is 1. The number of likely N-dealkylation sites (tertiary alicyclic amines) is 1. The predicted octanol–water partition coefficient (Wildman–Crippen LogP) is 4.10. The number of nitrogens with one attached hydrogen (secondary N) is 1. The first-order valence-corrected chi connectivity index (χ1v) is 8.85. The minimum absolute atomic E-state index is 0.00747. The average Bonchev–Trinajstić information content (AvgIpc) is 2.50. The Kier molecular flexibility index (Phi) is 6.87. The van der Waals surface area contributed by atoms with Crippen molar-refractivity contribution in [3.05, 3.63) is 33.6 Å². The summed E-state index contributed by atoms with van der Waals surface area (Å²) in [5, 5.41) is 2.99. The first kappa shape index (κ1) is 19.0. The summed E-state index contributed by atoms with van der Waals surface area (Å²) < 4.78 is 13.6. The molecule has 0 spiro atoms. The van der Waals surface area contributed by atoms with E-state index in [4.69, 9.17) is 23.2 Å². The highest BCUT2D eigenvalue weighted by molar-refractivity contribution is 6.35. The van der Waals surface area contributed by atoms with E-state index in [2.05, 4.69) is 5.32 Å². The molecule has 1 N–H and O–H groups in total. The first-order valence-electron chi connectivity index (χ1n) is 8.10. The van der Waals surface area contributed by atoms with E-state index in [-0.39, 0.29) is 28.4 Å². The second-order valence-electron chi connectivity index (χ2n) is 6.06. The number of amides is 2. The average molecular weight is 375 g/mol. The van der Waals surface area contributed by atoms with E-state index in [0.29, 0.717) is 18.5 Å². The molecule has 1 heterocycles. The maximum atomic E-state index is 13.6. The highest BCUT2D eigenvalue weighted by atomic mass is 35.5. The number of carbonyl (C=O) groups is 2. The summed E-state index contributed by atoms with van der Waals surface area (Å²) in [6.45, 7) is 2.32. The zero-order chi connectivity index (χ0) is 17.7. The van der Waals surface area contributed by atoms with Crippen LogP contribution in [0.2, 0.25) is 10.0 Å². The Morgan fingerprint density at radius 3 is 2.71 bits per heavy atom. The molecule has 1 aromatic rings. The topological polar surface area (TPSA) is 49.4 Å². The van der Waals surface area contributed by atoms with Gasteiger partial charge in [0.15, 0.2) is 0 Å². The molecule has 4 nitrogen and oxygen atoms in total. The standard InChI is InChI=1S/C17H21Cl2FN2O2/c1-11(12-8-15(20)14(19)9-13(12)18)21-16(23)10-22-7-5-3-2-4-6-17(22)24/h8-9,11H,2-7,10H2,1H3,(H,21,23). The Morgan fingerprint density at radius 1 is 1.25 bits per heavy atom. The Hall–Kier alpha value is -1.33.